The molecular weight excluding hydrogens is 479 g/mol. The third kappa shape index (κ3) is 9.65. The second kappa shape index (κ2) is 14.2. The second-order valence-corrected chi connectivity index (χ2v) is 8.08. The standard InChI is InChI=1S/C21H40N6O.HI/c1-6-22-21(23-8-7-9-27-19(5)15-18(4)25-27)24-16-20(14-17(2)3)26-10-12-28-13-11-26;/h15,17,20H,6-14,16H2,1-5H3,(H2,22,23,24);1H. The minimum atomic E-state index is 0. The molecule has 29 heavy (non-hydrogen) atoms. The van der Waals surface area contributed by atoms with Crippen molar-refractivity contribution in [2.45, 2.75) is 60.0 Å². The fourth-order valence-corrected chi connectivity index (χ4v) is 3.70. The van der Waals surface area contributed by atoms with Crippen LogP contribution in [0.2, 0.25) is 0 Å². The van der Waals surface area contributed by atoms with Crippen LogP contribution in [0.5, 0.6) is 0 Å². The molecule has 1 unspecified atom stereocenters. The lowest BCUT2D eigenvalue weighted by molar-refractivity contribution is 0.0143. The molecule has 7 nitrogen and oxygen atoms in total. The topological polar surface area (TPSA) is 66.7 Å². The van der Waals surface area contributed by atoms with E-state index in [0.717, 1.165) is 70.6 Å². The number of aromatic nitrogens is 2. The Hall–Kier alpha value is -0.870. The molecule has 2 N–H and O–H groups in total. The maximum absolute atomic E-state index is 5.52. The van der Waals surface area contributed by atoms with Crippen molar-refractivity contribution in [2.75, 3.05) is 45.9 Å². The Morgan fingerprint density at radius 3 is 2.55 bits per heavy atom. The van der Waals surface area contributed by atoms with Crippen molar-refractivity contribution < 1.29 is 4.74 Å². The number of morpholine rings is 1. The minimum absolute atomic E-state index is 0. The van der Waals surface area contributed by atoms with E-state index in [1.54, 1.807) is 0 Å². The zero-order valence-corrected chi connectivity index (χ0v) is 21.2. The first-order valence-electron chi connectivity index (χ1n) is 10.8. The Kier molecular flexibility index (Phi) is 12.8. The summed E-state index contributed by atoms with van der Waals surface area (Å²) in [4.78, 5) is 7.44. The summed E-state index contributed by atoms with van der Waals surface area (Å²) in [6, 6.07) is 2.61. The smallest absolute Gasteiger partial charge is 0.191 e. The quantitative estimate of drug-likeness (QED) is 0.215. The van der Waals surface area contributed by atoms with Crippen LogP contribution < -0.4 is 10.6 Å². The van der Waals surface area contributed by atoms with Crippen LogP contribution in [0, 0.1) is 19.8 Å². The van der Waals surface area contributed by atoms with Crippen molar-refractivity contribution in [2.24, 2.45) is 10.9 Å². The third-order valence-electron chi connectivity index (χ3n) is 5.05. The first kappa shape index (κ1) is 26.2. The van der Waals surface area contributed by atoms with Gasteiger partial charge in [0, 0.05) is 44.5 Å². The highest BCUT2D eigenvalue weighted by Crippen LogP contribution is 2.14. The van der Waals surface area contributed by atoms with E-state index in [4.69, 9.17) is 9.73 Å². The predicted molar refractivity (Wildman–Crippen MR) is 131 cm³/mol. The van der Waals surface area contributed by atoms with E-state index in [-0.39, 0.29) is 24.0 Å². The lowest BCUT2D eigenvalue weighted by Gasteiger charge is -2.34. The first-order chi connectivity index (χ1) is 13.5. The highest BCUT2D eigenvalue weighted by atomic mass is 127. The molecule has 0 radical (unpaired) electrons. The molecule has 1 aliphatic rings. The normalized spacial score (nSPS) is 16.6. The second-order valence-electron chi connectivity index (χ2n) is 8.08. The summed E-state index contributed by atoms with van der Waals surface area (Å²) >= 11 is 0. The van der Waals surface area contributed by atoms with E-state index < -0.39 is 0 Å². The Bertz CT molecular complexity index is 598. The van der Waals surface area contributed by atoms with Gasteiger partial charge in [0.05, 0.1) is 25.5 Å². The number of aliphatic imine (C=N–C) groups is 1. The van der Waals surface area contributed by atoms with E-state index in [1.807, 2.05) is 6.92 Å². The number of nitrogens with zero attached hydrogens (tertiary/aromatic N) is 4. The van der Waals surface area contributed by atoms with Gasteiger partial charge in [-0.25, -0.2) is 0 Å². The number of guanidine groups is 1. The molecule has 2 heterocycles. The van der Waals surface area contributed by atoms with Crippen molar-refractivity contribution in [3.63, 3.8) is 0 Å². The highest BCUT2D eigenvalue weighted by molar-refractivity contribution is 14.0. The van der Waals surface area contributed by atoms with Gasteiger partial charge in [0.1, 0.15) is 0 Å². The van der Waals surface area contributed by atoms with Crippen LogP contribution in [0.4, 0.5) is 0 Å². The van der Waals surface area contributed by atoms with Gasteiger partial charge in [-0.05, 0) is 45.6 Å². The maximum atomic E-state index is 5.52. The summed E-state index contributed by atoms with van der Waals surface area (Å²) in [6.45, 7) is 18.1. The average Bonchev–Trinajstić information content (AvgIpc) is 2.99. The molecule has 0 saturated carbocycles. The molecule has 1 fully saturated rings. The largest absolute Gasteiger partial charge is 0.379 e. The number of ether oxygens (including phenoxy) is 1. The summed E-state index contributed by atoms with van der Waals surface area (Å²) in [6.07, 6.45) is 2.19. The minimum Gasteiger partial charge on any atom is -0.379 e. The molecule has 1 aromatic heterocycles. The Morgan fingerprint density at radius 1 is 1.24 bits per heavy atom. The summed E-state index contributed by atoms with van der Waals surface area (Å²) in [5.74, 6) is 1.58. The third-order valence-corrected chi connectivity index (χ3v) is 5.05. The number of halogens is 1. The van der Waals surface area contributed by atoms with Gasteiger partial charge < -0.3 is 15.4 Å². The van der Waals surface area contributed by atoms with Gasteiger partial charge in [-0.15, -0.1) is 24.0 Å². The molecule has 0 aliphatic carbocycles. The zero-order chi connectivity index (χ0) is 20.4. The fourth-order valence-electron chi connectivity index (χ4n) is 3.70. The van der Waals surface area contributed by atoms with E-state index in [0.29, 0.717) is 12.0 Å². The van der Waals surface area contributed by atoms with Gasteiger partial charge in [0.2, 0.25) is 0 Å². The molecule has 0 aromatic carbocycles. The van der Waals surface area contributed by atoms with Crippen LogP contribution in [-0.2, 0) is 11.3 Å². The average molecular weight is 521 g/mol. The zero-order valence-electron chi connectivity index (χ0n) is 18.9. The van der Waals surface area contributed by atoms with E-state index in [9.17, 15) is 0 Å². The SMILES string of the molecule is CCNC(=NCC(CC(C)C)N1CCOCC1)NCCCn1nc(C)cc1C.I. The molecule has 0 bridgehead atoms. The van der Waals surface area contributed by atoms with Crippen molar-refractivity contribution in [1.29, 1.82) is 0 Å². The maximum Gasteiger partial charge on any atom is 0.191 e. The van der Waals surface area contributed by atoms with Crippen LogP contribution in [0.25, 0.3) is 0 Å². The van der Waals surface area contributed by atoms with Crippen LogP contribution in [0.15, 0.2) is 11.1 Å². The van der Waals surface area contributed by atoms with Crippen LogP contribution >= 0.6 is 24.0 Å². The van der Waals surface area contributed by atoms with E-state index in [1.165, 1.54) is 12.1 Å². The Balaban J connectivity index is 0.00000420. The van der Waals surface area contributed by atoms with Gasteiger partial charge in [0.25, 0.3) is 0 Å². The van der Waals surface area contributed by atoms with Crippen molar-refractivity contribution in [1.82, 2.24) is 25.3 Å². The van der Waals surface area contributed by atoms with Crippen LogP contribution in [0.1, 0.15) is 45.0 Å². The molecule has 0 amide bonds. The molecule has 0 spiro atoms. The predicted octanol–water partition coefficient (Wildman–Crippen LogP) is 2.81. The summed E-state index contributed by atoms with van der Waals surface area (Å²) < 4.78 is 7.60. The summed E-state index contributed by atoms with van der Waals surface area (Å²) in [5, 5.41) is 11.4. The van der Waals surface area contributed by atoms with Crippen molar-refractivity contribution >= 4 is 29.9 Å². The molecule has 1 aromatic rings. The van der Waals surface area contributed by atoms with Gasteiger partial charge in [0.15, 0.2) is 5.96 Å². The van der Waals surface area contributed by atoms with Crippen LogP contribution in [-0.4, -0.2) is 72.6 Å². The summed E-state index contributed by atoms with van der Waals surface area (Å²) in [5.41, 5.74) is 2.31. The van der Waals surface area contributed by atoms with Gasteiger partial charge >= 0.3 is 0 Å². The first-order valence-corrected chi connectivity index (χ1v) is 10.8. The number of aryl methyl sites for hydroxylation is 3. The number of hydrogen-bond acceptors (Lipinski definition) is 4. The molecular formula is C21H41IN6O. The number of nitrogens with one attached hydrogen (secondary N) is 2. The molecule has 1 atom stereocenters. The highest BCUT2D eigenvalue weighted by Gasteiger charge is 2.21. The van der Waals surface area contributed by atoms with E-state index >= 15 is 0 Å². The Morgan fingerprint density at radius 2 is 1.97 bits per heavy atom. The molecule has 1 aliphatic heterocycles. The van der Waals surface area contributed by atoms with Gasteiger partial charge in [-0.2, -0.15) is 5.10 Å². The van der Waals surface area contributed by atoms with Crippen molar-refractivity contribution in [3.05, 3.63) is 17.5 Å². The van der Waals surface area contributed by atoms with Crippen LogP contribution in [0.3, 0.4) is 0 Å². The van der Waals surface area contributed by atoms with E-state index in [2.05, 4.69) is 59.1 Å². The fraction of sp³-hybridized carbons (Fsp3) is 0.810. The summed E-state index contributed by atoms with van der Waals surface area (Å²) in [7, 11) is 0. The molecule has 2 rings (SSSR count). The molecule has 1 saturated heterocycles. The monoisotopic (exact) mass is 520 g/mol. The van der Waals surface area contributed by atoms with Gasteiger partial charge in [-0.1, -0.05) is 13.8 Å². The van der Waals surface area contributed by atoms with Crippen molar-refractivity contribution in [3.8, 4) is 0 Å². The van der Waals surface area contributed by atoms with Gasteiger partial charge in [-0.3, -0.25) is 14.6 Å². The molecule has 168 valence electrons. The molecule has 8 heteroatoms. The number of rotatable bonds is 10. The Labute approximate surface area is 194 Å². The lowest BCUT2D eigenvalue weighted by atomic mass is 10.0. The lowest BCUT2D eigenvalue weighted by Crippen LogP contribution is -2.46. The number of hydrogen-bond donors (Lipinski definition) is 2.